The largest absolute Gasteiger partial charge is 0.396 e. The normalized spacial score (nSPS) is 13.2. The Bertz CT molecular complexity index is 507. The molecule has 1 heterocycles. The number of aryl methyl sites for hydroxylation is 1. The van der Waals surface area contributed by atoms with Gasteiger partial charge in [-0.2, -0.15) is 0 Å². The number of aliphatic hydroxyl groups excluding tert-OH is 1. The zero-order valence-electron chi connectivity index (χ0n) is 9.15. The Kier molecular flexibility index (Phi) is 3.19. The second-order valence-corrected chi connectivity index (χ2v) is 4.36. The van der Waals surface area contributed by atoms with E-state index in [1.807, 2.05) is 36.0 Å². The molecule has 0 radical (unpaired) electrons. The summed E-state index contributed by atoms with van der Waals surface area (Å²) in [7, 11) is 1.95. The molecular formula is C12H15ClN2O. The summed E-state index contributed by atoms with van der Waals surface area (Å²) in [6.07, 6.45) is 2.43. The summed E-state index contributed by atoms with van der Waals surface area (Å²) in [5.41, 5.74) is 8.11. The number of hydrogen-bond acceptors (Lipinski definition) is 2. The van der Waals surface area contributed by atoms with Crippen molar-refractivity contribution in [2.75, 3.05) is 6.61 Å². The molecule has 2 aromatic rings. The van der Waals surface area contributed by atoms with Crippen LogP contribution < -0.4 is 5.73 Å². The van der Waals surface area contributed by atoms with Crippen molar-refractivity contribution < 1.29 is 5.11 Å². The first-order chi connectivity index (χ1) is 7.65. The van der Waals surface area contributed by atoms with Crippen molar-refractivity contribution in [3.63, 3.8) is 0 Å². The van der Waals surface area contributed by atoms with Crippen LogP contribution in [-0.4, -0.2) is 16.3 Å². The molecule has 3 N–H and O–H groups in total. The highest BCUT2D eigenvalue weighted by atomic mass is 35.5. The maximum absolute atomic E-state index is 8.93. The first kappa shape index (κ1) is 11.5. The highest BCUT2D eigenvalue weighted by Gasteiger charge is 2.13. The van der Waals surface area contributed by atoms with E-state index in [0.29, 0.717) is 6.42 Å². The van der Waals surface area contributed by atoms with E-state index in [2.05, 4.69) is 0 Å². The van der Waals surface area contributed by atoms with Crippen LogP contribution in [0.5, 0.6) is 0 Å². The molecule has 0 spiro atoms. The Labute approximate surface area is 99.4 Å². The lowest BCUT2D eigenvalue weighted by Crippen LogP contribution is -2.13. The van der Waals surface area contributed by atoms with Crippen LogP contribution in [0.1, 0.15) is 18.0 Å². The van der Waals surface area contributed by atoms with Gasteiger partial charge < -0.3 is 15.4 Å². The van der Waals surface area contributed by atoms with E-state index >= 15 is 0 Å². The molecule has 0 aliphatic carbocycles. The van der Waals surface area contributed by atoms with Crippen molar-refractivity contribution in [2.45, 2.75) is 12.5 Å². The maximum atomic E-state index is 8.93. The van der Waals surface area contributed by atoms with Crippen LogP contribution in [-0.2, 0) is 7.05 Å². The Morgan fingerprint density at radius 2 is 2.25 bits per heavy atom. The fraction of sp³-hybridized carbons (Fsp3) is 0.333. The number of aliphatic hydroxyl groups is 1. The smallest absolute Gasteiger partial charge is 0.0661 e. The third-order valence-electron chi connectivity index (χ3n) is 2.82. The van der Waals surface area contributed by atoms with Crippen LogP contribution >= 0.6 is 11.6 Å². The summed E-state index contributed by atoms with van der Waals surface area (Å²) in [6.45, 7) is 0.0930. The number of aromatic nitrogens is 1. The summed E-state index contributed by atoms with van der Waals surface area (Å²) in [4.78, 5) is 0. The molecule has 4 heteroatoms. The molecule has 0 bridgehead atoms. The van der Waals surface area contributed by atoms with Gasteiger partial charge in [0.15, 0.2) is 0 Å². The summed E-state index contributed by atoms with van der Waals surface area (Å²) >= 11 is 6.12. The SMILES string of the molecule is Cn1cc(Cl)c2cccc(C(N)CCO)c21. The van der Waals surface area contributed by atoms with Crippen molar-refractivity contribution in [1.82, 2.24) is 4.57 Å². The van der Waals surface area contributed by atoms with Gasteiger partial charge in [-0.25, -0.2) is 0 Å². The molecule has 1 aromatic carbocycles. The molecule has 0 fully saturated rings. The van der Waals surface area contributed by atoms with Gasteiger partial charge >= 0.3 is 0 Å². The van der Waals surface area contributed by atoms with E-state index in [9.17, 15) is 0 Å². The maximum Gasteiger partial charge on any atom is 0.0661 e. The van der Waals surface area contributed by atoms with Crippen molar-refractivity contribution in [1.29, 1.82) is 0 Å². The summed E-state index contributed by atoms with van der Waals surface area (Å²) < 4.78 is 1.98. The zero-order chi connectivity index (χ0) is 11.7. The van der Waals surface area contributed by atoms with E-state index in [0.717, 1.165) is 21.5 Å². The molecule has 86 valence electrons. The number of fused-ring (bicyclic) bond motifs is 1. The van der Waals surface area contributed by atoms with Crippen molar-refractivity contribution in [2.24, 2.45) is 12.8 Å². The van der Waals surface area contributed by atoms with Crippen molar-refractivity contribution in [3.8, 4) is 0 Å². The van der Waals surface area contributed by atoms with Crippen LogP contribution in [0.15, 0.2) is 24.4 Å². The number of benzene rings is 1. The van der Waals surface area contributed by atoms with Crippen molar-refractivity contribution >= 4 is 22.5 Å². The van der Waals surface area contributed by atoms with Crippen LogP contribution in [0.25, 0.3) is 10.9 Å². The minimum Gasteiger partial charge on any atom is -0.396 e. The second-order valence-electron chi connectivity index (χ2n) is 3.95. The van der Waals surface area contributed by atoms with Gasteiger partial charge in [-0.05, 0) is 12.0 Å². The number of hydrogen-bond donors (Lipinski definition) is 2. The average molecular weight is 239 g/mol. The van der Waals surface area contributed by atoms with Gasteiger partial charge in [-0.3, -0.25) is 0 Å². The summed E-state index contributed by atoms with van der Waals surface area (Å²) in [5, 5.41) is 10.7. The predicted octanol–water partition coefficient (Wildman–Crippen LogP) is 2.21. The molecule has 3 nitrogen and oxygen atoms in total. The quantitative estimate of drug-likeness (QED) is 0.862. The van der Waals surface area contributed by atoms with Crippen LogP contribution in [0, 0.1) is 0 Å². The molecule has 0 amide bonds. The molecule has 16 heavy (non-hydrogen) atoms. The average Bonchev–Trinajstić information content (AvgIpc) is 2.55. The van der Waals surface area contributed by atoms with Gasteiger partial charge in [0.2, 0.25) is 0 Å². The number of nitrogens with zero attached hydrogens (tertiary/aromatic N) is 1. The third kappa shape index (κ3) is 1.82. The lowest BCUT2D eigenvalue weighted by molar-refractivity contribution is 0.277. The lowest BCUT2D eigenvalue weighted by atomic mass is 10.0. The number of para-hydroxylation sites is 1. The third-order valence-corrected chi connectivity index (χ3v) is 3.12. The van der Waals surface area contributed by atoms with Crippen molar-refractivity contribution in [3.05, 3.63) is 35.0 Å². The predicted molar refractivity (Wildman–Crippen MR) is 66.6 cm³/mol. The molecule has 1 unspecified atom stereocenters. The van der Waals surface area contributed by atoms with Crippen LogP contribution in [0.3, 0.4) is 0 Å². The molecule has 1 aromatic heterocycles. The van der Waals surface area contributed by atoms with E-state index < -0.39 is 0 Å². The number of rotatable bonds is 3. The van der Waals surface area contributed by atoms with Crippen LogP contribution in [0.4, 0.5) is 0 Å². The van der Waals surface area contributed by atoms with Crippen LogP contribution in [0.2, 0.25) is 5.02 Å². The van der Waals surface area contributed by atoms with Gasteiger partial charge in [0, 0.05) is 31.3 Å². The van der Waals surface area contributed by atoms with E-state index in [-0.39, 0.29) is 12.6 Å². The standard InChI is InChI=1S/C12H15ClN2O/c1-15-7-10(13)8-3-2-4-9(12(8)15)11(14)5-6-16/h2-4,7,11,16H,5-6,14H2,1H3. The fourth-order valence-corrected chi connectivity index (χ4v) is 2.34. The summed E-state index contributed by atoms with van der Waals surface area (Å²) in [5.74, 6) is 0. The van der Waals surface area contributed by atoms with Gasteiger partial charge in [0.1, 0.15) is 0 Å². The molecule has 0 aliphatic rings. The zero-order valence-corrected chi connectivity index (χ0v) is 9.91. The first-order valence-electron chi connectivity index (χ1n) is 5.25. The Morgan fingerprint density at radius 1 is 1.50 bits per heavy atom. The molecule has 2 rings (SSSR count). The van der Waals surface area contributed by atoms with Gasteiger partial charge in [0.05, 0.1) is 10.5 Å². The highest BCUT2D eigenvalue weighted by Crippen LogP contribution is 2.30. The topological polar surface area (TPSA) is 51.2 Å². The molecule has 0 saturated carbocycles. The molecule has 1 atom stereocenters. The van der Waals surface area contributed by atoms with E-state index in [1.165, 1.54) is 0 Å². The molecule has 0 aliphatic heterocycles. The van der Waals surface area contributed by atoms with Gasteiger partial charge in [-0.1, -0.05) is 29.8 Å². The minimum absolute atomic E-state index is 0.0930. The number of nitrogens with two attached hydrogens (primary N) is 1. The lowest BCUT2D eigenvalue weighted by Gasteiger charge is -2.13. The Hall–Kier alpha value is -1.03. The van der Waals surface area contributed by atoms with Gasteiger partial charge in [0.25, 0.3) is 0 Å². The minimum atomic E-state index is -0.154. The molecular weight excluding hydrogens is 224 g/mol. The first-order valence-corrected chi connectivity index (χ1v) is 5.63. The molecule has 0 saturated heterocycles. The van der Waals surface area contributed by atoms with E-state index in [1.54, 1.807) is 0 Å². The second kappa shape index (κ2) is 4.45. The highest BCUT2D eigenvalue weighted by molar-refractivity contribution is 6.35. The number of halogens is 1. The van der Waals surface area contributed by atoms with E-state index in [4.69, 9.17) is 22.4 Å². The summed E-state index contributed by atoms with van der Waals surface area (Å²) in [6, 6.07) is 5.76. The van der Waals surface area contributed by atoms with Gasteiger partial charge in [-0.15, -0.1) is 0 Å². The Morgan fingerprint density at radius 3 is 2.94 bits per heavy atom. The fourth-order valence-electron chi connectivity index (χ4n) is 2.05. The monoisotopic (exact) mass is 238 g/mol. The Balaban J connectivity index is 2.61.